The standard InChI is InChI=1S/C14H11N5O2S/c1-20-7-8-6-11(18-21-8)13-16-15-12-9-4-2-3-5-10(9)14(22)17-19(12)13/h2-6H,7H2,1H3,(H,17,22). The molecule has 0 unspecified atom stereocenters. The maximum Gasteiger partial charge on any atom is 0.207 e. The minimum absolute atomic E-state index is 0.345. The lowest BCUT2D eigenvalue weighted by Crippen LogP contribution is -1.97. The first-order valence-corrected chi connectivity index (χ1v) is 7.00. The Balaban J connectivity index is 1.95. The van der Waals surface area contributed by atoms with Crippen molar-refractivity contribution in [2.45, 2.75) is 11.6 Å². The van der Waals surface area contributed by atoms with Gasteiger partial charge in [-0.25, -0.2) is 0 Å². The van der Waals surface area contributed by atoms with Gasteiger partial charge in [0.1, 0.15) is 11.6 Å². The molecule has 0 amide bonds. The van der Waals surface area contributed by atoms with Crippen LogP contribution in [-0.2, 0) is 11.3 Å². The molecule has 7 nitrogen and oxygen atoms in total. The number of ether oxygens (including phenoxy) is 1. The Hall–Kier alpha value is -2.45. The predicted molar refractivity (Wildman–Crippen MR) is 81.8 cm³/mol. The maximum atomic E-state index is 5.19. The number of aromatic nitrogens is 5. The fourth-order valence-electron chi connectivity index (χ4n) is 2.35. The summed E-state index contributed by atoms with van der Waals surface area (Å²) in [6.07, 6.45) is 0. The van der Waals surface area contributed by atoms with Crippen molar-refractivity contribution in [3.63, 3.8) is 0 Å². The van der Waals surface area contributed by atoms with Gasteiger partial charge in [-0.05, 0) is 0 Å². The van der Waals surface area contributed by atoms with E-state index in [4.69, 9.17) is 9.26 Å². The largest absolute Gasteiger partial charge is 0.377 e. The average Bonchev–Trinajstić information content (AvgIpc) is 3.14. The Labute approximate surface area is 130 Å². The molecule has 22 heavy (non-hydrogen) atoms. The fraction of sp³-hybridized carbons (Fsp3) is 0.143. The average molecular weight is 313 g/mol. The monoisotopic (exact) mass is 313 g/mol. The third-order valence-corrected chi connectivity index (χ3v) is 3.65. The second kappa shape index (κ2) is 5.08. The molecule has 4 aromatic rings. The number of nitrogens with zero attached hydrogens (tertiary/aromatic N) is 5. The molecule has 0 atom stereocenters. The van der Waals surface area contributed by atoms with Gasteiger partial charge in [0, 0.05) is 23.9 Å². The molecular formula is C14H11N5O2S. The molecule has 3 aromatic heterocycles. The van der Waals surface area contributed by atoms with Gasteiger partial charge in [-0.3, -0.25) is 0 Å². The first-order chi connectivity index (χ1) is 10.8. The smallest absolute Gasteiger partial charge is 0.207 e. The minimum atomic E-state index is 0.345. The molecule has 0 radical (unpaired) electrons. The van der Waals surface area contributed by atoms with Crippen LogP contribution in [0.2, 0.25) is 0 Å². The zero-order chi connectivity index (χ0) is 15.1. The van der Waals surface area contributed by atoms with Crippen molar-refractivity contribution in [1.82, 2.24) is 25.0 Å². The summed E-state index contributed by atoms with van der Waals surface area (Å²) in [6, 6.07) is 9.55. The summed E-state index contributed by atoms with van der Waals surface area (Å²) >= 11 is 4.45. The van der Waals surface area contributed by atoms with Gasteiger partial charge < -0.3 is 9.26 Å². The number of hydrogen-bond acceptors (Lipinski definition) is 7. The van der Waals surface area contributed by atoms with Crippen LogP contribution < -0.4 is 0 Å². The van der Waals surface area contributed by atoms with Crippen LogP contribution >= 0.6 is 12.6 Å². The van der Waals surface area contributed by atoms with Crippen LogP contribution in [0.3, 0.4) is 0 Å². The molecule has 0 aliphatic carbocycles. The van der Waals surface area contributed by atoms with E-state index in [-0.39, 0.29) is 0 Å². The maximum absolute atomic E-state index is 5.19. The van der Waals surface area contributed by atoms with Crippen LogP contribution in [0, 0.1) is 0 Å². The lowest BCUT2D eigenvalue weighted by atomic mass is 10.2. The Morgan fingerprint density at radius 3 is 2.86 bits per heavy atom. The van der Waals surface area contributed by atoms with Crippen molar-refractivity contribution in [2.24, 2.45) is 0 Å². The number of rotatable bonds is 3. The molecule has 0 saturated carbocycles. The Morgan fingerprint density at radius 2 is 2.05 bits per heavy atom. The molecule has 0 spiro atoms. The summed E-state index contributed by atoms with van der Waals surface area (Å²) in [4.78, 5) is 0. The van der Waals surface area contributed by atoms with Gasteiger partial charge >= 0.3 is 0 Å². The summed E-state index contributed by atoms with van der Waals surface area (Å²) in [5.74, 6) is 1.11. The molecule has 0 saturated heterocycles. The van der Waals surface area contributed by atoms with Gasteiger partial charge in [-0.15, -0.1) is 22.8 Å². The first kappa shape index (κ1) is 13.2. The van der Waals surface area contributed by atoms with Crippen molar-refractivity contribution in [1.29, 1.82) is 0 Å². The molecule has 0 N–H and O–H groups in total. The van der Waals surface area contributed by atoms with E-state index in [1.165, 1.54) is 0 Å². The van der Waals surface area contributed by atoms with E-state index < -0.39 is 0 Å². The number of methoxy groups -OCH3 is 1. The Morgan fingerprint density at radius 1 is 1.23 bits per heavy atom. The lowest BCUT2D eigenvalue weighted by molar-refractivity contribution is 0.156. The quantitative estimate of drug-likeness (QED) is 0.585. The van der Waals surface area contributed by atoms with E-state index in [1.54, 1.807) is 17.7 Å². The van der Waals surface area contributed by atoms with Crippen LogP contribution in [0.15, 0.2) is 39.9 Å². The van der Waals surface area contributed by atoms with Gasteiger partial charge in [0.2, 0.25) is 5.82 Å². The Bertz CT molecular complexity index is 978. The zero-order valence-corrected chi connectivity index (χ0v) is 12.5. The number of fused-ring (bicyclic) bond motifs is 3. The molecule has 110 valence electrons. The molecule has 8 heteroatoms. The highest BCUT2D eigenvalue weighted by Crippen LogP contribution is 2.26. The SMILES string of the molecule is COCc1cc(-c2nnc3c4ccccc4c(S)nn23)no1. The van der Waals surface area contributed by atoms with Crippen LogP contribution in [0.25, 0.3) is 27.9 Å². The van der Waals surface area contributed by atoms with E-state index in [0.29, 0.717) is 34.6 Å². The lowest BCUT2D eigenvalue weighted by Gasteiger charge is -2.02. The fourth-order valence-corrected chi connectivity index (χ4v) is 2.64. The highest BCUT2D eigenvalue weighted by atomic mass is 32.1. The number of hydrogen-bond donors (Lipinski definition) is 1. The molecule has 0 bridgehead atoms. The van der Waals surface area contributed by atoms with E-state index in [9.17, 15) is 0 Å². The molecule has 0 fully saturated rings. The zero-order valence-electron chi connectivity index (χ0n) is 11.6. The van der Waals surface area contributed by atoms with Crippen LogP contribution in [0.5, 0.6) is 0 Å². The van der Waals surface area contributed by atoms with Crippen molar-refractivity contribution < 1.29 is 9.26 Å². The van der Waals surface area contributed by atoms with Crippen LogP contribution in [-0.4, -0.2) is 32.1 Å². The summed E-state index contributed by atoms with van der Waals surface area (Å²) in [5, 5.41) is 19.3. The summed E-state index contributed by atoms with van der Waals surface area (Å²) in [6.45, 7) is 0.345. The van der Waals surface area contributed by atoms with E-state index in [0.717, 1.165) is 10.8 Å². The molecule has 0 aliphatic rings. The normalized spacial score (nSPS) is 11.5. The first-order valence-electron chi connectivity index (χ1n) is 6.56. The van der Waals surface area contributed by atoms with Crippen LogP contribution in [0.4, 0.5) is 0 Å². The summed E-state index contributed by atoms with van der Waals surface area (Å²) in [5.41, 5.74) is 1.20. The summed E-state index contributed by atoms with van der Waals surface area (Å²) in [7, 11) is 1.59. The van der Waals surface area contributed by atoms with Crippen molar-refractivity contribution in [3.05, 3.63) is 36.1 Å². The number of thiol groups is 1. The molecule has 4 rings (SSSR count). The molecule has 1 aromatic carbocycles. The highest BCUT2D eigenvalue weighted by Gasteiger charge is 2.17. The number of benzene rings is 1. The van der Waals surface area contributed by atoms with Gasteiger partial charge in [-0.1, -0.05) is 29.4 Å². The third-order valence-electron chi connectivity index (χ3n) is 3.32. The van der Waals surface area contributed by atoms with Gasteiger partial charge in [-0.2, -0.15) is 9.61 Å². The second-order valence-electron chi connectivity index (χ2n) is 4.74. The third kappa shape index (κ3) is 1.96. The van der Waals surface area contributed by atoms with Crippen LogP contribution in [0.1, 0.15) is 5.76 Å². The highest BCUT2D eigenvalue weighted by molar-refractivity contribution is 7.80. The van der Waals surface area contributed by atoms with Gasteiger partial charge in [0.05, 0.1) is 0 Å². The van der Waals surface area contributed by atoms with Gasteiger partial charge in [0.25, 0.3) is 0 Å². The molecule has 3 heterocycles. The predicted octanol–water partition coefficient (Wildman–Crippen LogP) is 2.37. The Kier molecular flexibility index (Phi) is 3.05. The van der Waals surface area contributed by atoms with Gasteiger partial charge in [0.15, 0.2) is 17.1 Å². The van der Waals surface area contributed by atoms with Crippen molar-refractivity contribution in [2.75, 3.05) is 7.11 Å². The topological polar surface area (TPSA) is 78.3 Å². The van der Waals surface area contributed by atoms with Crippen molar-refractivity contribution in [3.8, 4) is 11.5 Å². The van der Waals surface area contributed by atoms with E-state index >= 15 is 0 Å². The van der Waals surface area contributed by atoms with E-state index in [2.05, 4.69) is 33.1 Å². The van der Waals surface area contributed by atoms with Crippen molar-refractivity contribution >= 4 is 29.0 Å². The molecule has 0 aliphatic heterocycles. The summed E-state index contributed by atoms with van der Waals surface area (Å²) < 4.78 is 11.8. The molecular weight excluding hydrogens is 302 g/mol. The minimum Gasteiger partial charge on any atom is -0.377 e. The second-order valence-corrected chi connectivity index (χ2v) is 5.16. The van der Waals surface area contributed by atoms with E-state index in [1.807, 2.05) is 24.3 Å².